The van der Waals surface area contributed by atoms with Crippen LogP contribution in [0.4, 0.5) is 5.69 Å². The first-order chi connectivity index (χ1) is 8.37. The van der Waals surface area contributed by atoms with E-state index in [1.54, 1.807) is 12.1 Å². The molecular formula is C12H19N. The quantitative estimate of drug-likeness (QED) is 0.702. The summed E-state index contributed by atoms with van der Waals surface area (Å²) >= 11 is 0. The third-order valence-electron chi connectivity index (χ3n) is 1.62. The maximum absolute atomic E-state index is 7.51. The monoisotopic (exact) mass is 183 g/mol. The van der Waals surface area contributed by atoms with Crippen molar-refractivity contribution in [1.82, 2.24) is 0 Å². The molecule has 72 valence electrons. The smallest absolute Gasteiger partial charge is 0.0349 e. The zero-order valence-corrected chi connectivity index (χ0v) is 8.23. The van der Waals surface area contributed by atoms with Gasteiger partial charge >= 0.3 is 0 Å². The van der Waals surface area contributed by atoms with Crippen molar-refractivity contribution in [2.45, 2.75) is 40.0 Å². The van der Waals surface area contributed by atoms with Gasteiger partial charge in [-0.05, 0) is 57.7 Å². The van der Waals surface area contributed by atoms with Crippen LogP contribution >= 0.6 is 0 Å². The van der Waals surface area contributed by atoms with E-state index in [0.29, 0.717) is 5.69 Å². The fraction of sp³-hybridized carbons (Fsp3) is 0.500. The highest BCUT2D eigenvalue weighted by Gasteiger charge is 2.08. The lowest BCUT2D eigenvalue weighted by Gasteiger charge is -2.22. The van der Waals surface area contributed by atoms with E-state index < -0.39 is 19.2 Å². The van der Waals surface area contributed by atoms with Gasteiger partial charge in [0.15, 0.2) is 0 Å². The molecule has 1 rings (SSSR count). The number of anilines is 1. The number of benzene rings is 1. The van der Waals surface area contributed by atoms with Gasteiger partial charge in [-0.3, -0.25) is 0 Å². The van der Waals surface area contributed by atoms with Crippen LogP contribution in [0, 0.1) is 13.8 Å². The summed E-state index contributed by atoms with van der Waals surface area (Å²) in [4.78, 5) is 0. The van der Waals surface area contributed by atoms with Crippen LogP contribution in [-0.2, 0) is 0 Å². The van der Waals surface area contributed by atoms with Gasteiger partial charge < -0.3 is 5.32 Å². The Bertz CT molecular complexity index is 426. The first-order valence-electron chi connectivity index (χ1n) is 7.23. The first-order valence-corrected chi connectivity index (χ1v) is 4.23. The summed E-state index contributed by atoms with van der Waals surface area (Å²) in [5.41, 5.74) is 0.411. The van der Waals surface area contributed by atoms with Gasteiger partial charge in [-0.15, -0.1) is 0 Å². The number of nitrogens with one attached hydrogen (secondary N) is 1. The van der Waals surface area contributed by atoms with E-state index in [1.807, 2.05) is 19.9 Å². The Labute approximate surface area is 89.6 Å². The Kier molecular flexibility index (Phi) is 1.18. The van der Waals surface area contributed by atoms with Gasteiger partial charge in [-0.25, -0.2) is 0 Å². The summed E-state index contributed by atoms with van der Waals surface area (Å²) in [5.74, 6) is 0. The Morgan fingerprint density at radius 1 is 1.15 bits per heavy atom. The fourth-order valence-corrected chi connectivity index (χ4v) is 1.34. The number of aryl methyl sites for hydroxylation is 2. The molecule has 1 heteroatoms. The van der Waals surface area contributed by atoms with Crippen molar-refractivity contribution in [1.29, 1.82) is 0 Å². The molecule has 1 nitrogen and oxygen atoms in total. The Balaban J connectivity index is 3.23. The van der Waals surface area contributed by atoms with E-state index >= 15 is 0 Å². The van der Waals surface area contributed by atoms with Crippen molar-refractivity contribution in [3.05, 3.63) is 29.3 Å². The Hall–Kier alpha value is -0.980. The molecule has 0 saturated carbocycles. The minimum Gasteiger partial charge on any atom is -0.380 e. The minimum absolute atomic E-state index is 0.507. The lowest BCUT2D eigenvalue weighted by Crippen LogP contribution is -2.26. The normalized spacial score (nSPS) is 20.2. The zero-order valence-electron chi connectivity index (χ0n) is 14.2. The Morgan fingerprint density at radius 3 is 2.15 bits per heavy atom. The summed E-state index contributed by atoms with van der Waals surface area (Å²) in [6, 6.07) is 5.42. The van der Waals surface area contributed by atoms with Crippen LogP contribution in [0.1, 0.15) is 40.0 Å². The molecule has 0 fully saturated rings. The lowest BCUT2D eigenvalue weighted by atomic mass is 10.1. The largest absolute Gasteiger partial charge is 0.380 e. The third-order valence-corrected chi connectivity index (χ3v) is 1.62. The molecule has 0 aliphatic heterocycles. The first kappa shape index (κ1) is 4.50. The predicted octanol–water partition coefficient (Wildman–Crippen LogP) is 3.51. The summed E-state index contributed by atoms with van der Waals surface area (Å²) in [6.07, 6.45) is 0. The lowest BCUT2D eigenvalue weighted by molar-refractivity contribution is 0.634. The van der Waals surface area contributed by atoms with E-state index in [0.717, 1.165) is 11.1 Å². The molecule has 0 amide bonds. The number of hydrogen-bond donors (Lipinski definition) is 1. The standard InChI is InChI=1S/C12H19N/c1-9-6-10(2)8-11(7-9)13-12(3,4)5/h6-8,13H,1-5H3/i3D3,4D3. The molecule has 0 aliphatic carbocycles. The number of rotatable bonds is 1. The molecule has 0 unspecified atom stereocenters. The average molecular weight is 183 g/mol. The highest BCUT2D eigenvalue weighted by atomic mass is 14.9. The summed E-state index contributed by atoms with van der Waals surface area (Å²) in [5, 5.41) is 2.69. The maximum Gasteiger partial charge on any atom is 0.0349 e. The van der Waals surface area contributed by atoms with Crippen LogP contribution in [-0.4, -0.2) is 5.54 Å². The van der Waals surface area contributed by atoms with Crippen molar-refractivity contribution in [3.8, 4) is 0 Å². The molecule has 0 atom stereocenters. The van der Waals surface area contributed by atoms with Crippen LogP contribution in [0.15, 0.2) is 18.2 Å². The molecule has 0 bridgehead atoms. The fourth-order valence-electron chi connectivity index (χ4n) is 1.34. The van der Waals surface area contributed by atoms with Crippen LogP contribution in [0.3, 0.4) is 0 Å². The molecule has 1 N–H and O–H groups in total. The molecule has 0 saturated heterocycles. The topological polar surface area (TPSA) is 12.0 Å². The summed E-state index contributed by atoms with van der Waals surface area (Å²) in [7, 11) is 0. The van der Waals surface area contributed by atoms with Gasteiger partial charge in [0.2, 0.25) is 0 Å². The van der Waals surface area contributed by atoms with Crippen molar-refractivity contribution >= 4 is 5.69 Å². The van der Waals surface area contributed by atoms with Crippen molar-refractivity contribution in [2.24, 2.45) is 0 Å². The van der Waals surface area contributed by atoms with Crippen LogP contribution in [0.2, 0.25) is 0 Å². The van der Waals surface area contributed by atoms with Gasteiger partial charge in [-0.1, -0.05) is 6.07 Å². The number of hydrogen-bond acceptors (Lipinski definition) is 1. The van der Waals surface area contributed by atoms with E-state index in [2.05, 4.69) is 5.32 Å². The molecule has 1 aromatic carbocycles. The molecule has 0 aliphatic rings. The highest BCUT2D eigenvalue weighted by Crippen LogP contribution is 2.17. The predicted molar refractivity (Wildman–Crippen MR) is 59.3 cm³/mol. The van der Waals surface area contributed by atoms with Crippen LogP contribution in [0.5, 0.6) is 0 Å². The minimum atomic E-state index is -2.64. The van der Waals surface area contributed by atoms with Crippen molar-refractivity contribution in [3.63, 3.8) is 0 Å². The molecule has 0 radical (unpaired) electrons. The van der Waals surface area contributed by atoms with Gasteiger partial charge in [0.25, 0.3) is 0 Å². The van der Waals surface area contributed by atoms with Crippen LogP contribution < -0.4 is 5.32 Å². The SMILES string of the molecule is [2H]C([2H])([2H])C(C)(Nc1cc(C)cc(C)c1)C([2H])([2H])[2H]. The molecule has 0 aromatic heterocycles. The molecule has 13 heavy (non-hydrogen) atoms. The van der Waals surface area contributed by atoms with E-state index in [9.17, 15) is 0 Å². The van der Waals surface area contributed by atoms with Crippen molar-refractivity contribution < 1.29 is 8.22 Å². The molecule has 0 spiro atoms. The zero-order chi connectivity index (χ0) is 15.1. The highest BCUT2D eigenvalue weighted by molar-refractivity contribution is 5.49. The van der Waals surface area contributed by atoms with E-state index in [4.69, 9.17) is 8.22 Å². The molecular weight excluding hydrogens is 158 g/mol. The van der Waals surface area contributed by atoms with Gasteiger partial charge in [0.05, 0.1) is 0 Å². The third kappa shape index (κ3) is 3.49. The average Bonchev–Trinajstić information content (AvgIpc) is 2.11. The summed E-state index contributed by atoms with van der Waals surface area (Å²) < 4.78 is 45.1. The van der Waals surface area contributed by atoms with E-state index in [-0.39, 0.29) is 0 Å². The maximum atomic E-state index is 7.51. The van der Waals surface area contributed by atoms with Gasteiger partial charge in [-0.2, -0.15) is 0 Å². The Morgan fingerprint density at radius 2 is 1.69 bits per heavy atom. The second-order valence-electron chi connectivity index (χ2n) is 3.63. The molecule has 0 heterocycles. The summed E-state index contributed by atoms with van der Waals surface area (Å²) in [6.45, 7) is -0.323. The van der Waals surface area contributed by atoms with Gasteiger partial charge in [0.1, 0.15) is 0 Å². The van der Waals surface area contributed by atoms with Gasteiger partial charge in [0, 0.05) is 19.5 Å². The second-order valence-corrected chi connectivity index (χ2v) is 3.63. The second kappa shape index (κ2) is 3.41. The van der Waals surface area contributed by atoms with E-state index in [1.165, 1.54) is 6.92 Å². The van der Waals surface area contributed by atoms with Crippen molar-refractivity contribution in [2.75, 3.05) is 5.32 Å². The molecule has 1 aromatic rings. The van der Waals surface area contributed by atoms with Crippen LogP contribution in [0.25, 0.3) is 0 Å².